The second kappa shape index (κ2) is 5.62. The molecule has 0 aliphatic heterocycles. The highest BCUT2D eigenvalue weighted by molar-refractivity contribution is 5.63. The molecule has 0 aliphatic carbocycles. The highest BCUT2D eigenvalue weighted by Gasteiger charge is 2.10. The normalized spacial score (nSPS) is 10.5. The summed E-state index contributed by atoms with van der Waals surface area (Å²) < 4.78 is 20.3. The number of fused-ring (bicyclic) bond motifs is 1. The third-order valence-corrected chi connectivity index (χ3v) is 3.10. The molecule has 0 aliphatic rings. The number of aromatic nitrogens is 2. The van der Waals surface area contributed by atoms with Crippen molar-refractivity contribution in [2.45, 2.75) is 6.54 Å². The predicted molar refractivity (Wildman–Crippen MR) is 75.6 cm³/mol. The van der Waals surface area contributed by atoms with Crippen LogP contribution in [0.5, 0.6) is 5.88 Å². The topological polar surface area (TPSA) is 55.6 Å². The molecule has 0 fully saturated rings. The summed E-state index contributed by atoms with van der Waals surface area (Å²) in [7, 11) is 0. The molecule has 0 amide bonds. The summed E-state index contributed by atoms with van der Waals surface area (Å²) in [6.45, 7) is 0.630. The van der Waals surface area contributed by atoms with Crippen molar-refractivity contribution in [3.8, 4) is 5.88 Å². The molecule has 6 heteroatoms. The molecular formula is C15H12FN3O2. The zero-order chi connectivity index (χ0) is 14.7. The van der Waals surface area contributed by atoms with E-state index in [0.717, 1.165) is 0 Å². The van der Waals surface area contributed by atoms with Gasteiger partial charge in [0.05, 0.1) is 5.69 Å². The van der Waals surface area contributed by atoms with E-state index in [9.17, 15) is 9.18 Å². The van der Waals surface area contributed by atoms with Crippen LogP contribution in [-0.4, -0.2) is 15.9 Å². The van der Waals surface area contributed by atoms with Gasteiger partial charge in [0, 0.05) is 24.5 Å². The Morgan fingerprint density at radius 2 is 2.14 bits per heavy atom. The van der Waals surface area contributed by atoms with Gasteiger partial charge in [-0.2, -0.15) is 0 Å². The summed E-state index contributed by atoms with van der Waals surface area (Å²) in [5.74, 6) is 0.0305. The van der Waals surface area contributed by atoms with Gasteiger partial charge in [-0.25, -0.2) is 9.37 Å². The number of rotatable bonds is 5. The molecule has 3 rings (SSSR count). The molecular weight excluding hydrogens is 273 g/mol. The van der Waals surface area contributed by atoms with Crippen molar-refractivity contribution in [1.82, 2.24) is 9.38 Å². The number of carbonyl (C=O) groups is 1. The van der Waals surface area contributed by atoms with Gasteiger partial charge in [0.2, 0.25) is 5.88 Å². The molecule has 21 heavy (non-hydrogen) atoms. The number of pyridine rings is 1. The number of imidazole rings is 1. The van der Waals surface area contributed by atoms with Gasteiger partial charge in [0.25, 0.3) is 6.47 Å². The maximum Gasteiger partial charge on any atom is 0.299 e. The van der Waals surface area contributed by atoms with Gasteiger partial charge in [-0.3, -0.25) is 9.20 Å². The summed E-state index contributed by atoms with van der Waals surface area (Å²) >= 11 is 0. The second-order valence-corrected chi connectivity index (χ2v) is 4.37. The number of halogens is 1. The summed E-state index contributed by atoms with van der Waals surface area (Å²) in [5.41, 5.74) is 1.76. The van der Waals surface area contributed by atoms with E-state index in [-0.39, 0.29) is 12.4 Å². The average molecular weight is 285 g/mol. The maximum absolute atomic E-state index is 13.6. The molecule has 0 saturated carbocycles. The summed E-state index contributed by atoms with van der Waals surface area (Å²) in [5, 5.41) is 3.06. The second-order valence-electron chi connectivity index (χ2n) is 4.37. The molecule has 2 heterocycles. The zero-order valence-corrected chi connectivity index (χ0v) is 11.0. The average Bonchev–Trinajstić information content (AvgIpc) is 2.97. The summed E-state index contributed by atoms with van der Waals surface area (Å²) in [6, 6.07) is 10.0. The number of ether oxygens (including phenoxy) is 1. The molecule has 1 N–H and O–H groups in total. The number of carbonyl (C=O) groups excluding carboxylic acids is 1. The predicted octanol–water partition coefficient (Wildman–Crippen LogP) is 2.62. The van der Waals surface area contributed by atoms with Crippen molar-refractivity contribution in [3.63, 3.8) is 0 Å². The first-order valence-corrected chi connectivity index (χ1v) is 6.33. The highest BCUT2D eigenvalue weighted by atomic mass is 19.1. The van der Waals surface area contributed by atoms with Gasteiger partial charge in [-0.15, -0.1) is 0 Å². The standard InChI is InChI=1S/C15H12FN3O2/c16-12-4-2-1-3-11(12)9-18-13-5-6-14-17-7-8-19(14)15(13)21-10-20/h1-8,10,18H,9H2. The van der Waals surface area contributed by atoms with E-state index in [0.29, 0.717) is 29.3 Å². The molecule has 0 spiro atoms. The number of anilines is 1. The maximum atomic E-state index is 13.6. The molecule has 3 aromatic rings. The monoisotopic (exact) mass is 285 g/mol. The van der Waals surface area contributed by atoms with Gasteiger partial charge in [-0.1, -0.05) is 18.2 Å². The number of hydrogen-bond acceptors (Lipinski definition) is 4. The lowest BCUT2D eigenvalue weighted by molar-refractivity contribution is -0.120. The van der Waals surface area contributed by atoms with Gasteiger partial charge in [0.15, 0.2) is 0 Å². The minimum absolute atomic E-state index is 0.280. The largest absolute Gasteiger partial charge is 0.409 e. The van der Waals surface area contributed by atoms with Crippen molar-refractivity contribution >= 4 is 17.8 Å². The van der Waals surface area contributed by atoms with Crippen LogP contribution in [-0.2, 0) is 11.3 Å². The van der Waals surface area contributed by atoms with Crippen molar-refractivity contribution in [2.24, 2.45) is 0 Å². The van der Waals surface area contributed by atoms with E-state index in [4.69, 9.17) is 4.74 Å². The Morgan fingerprint density at radius 3 is 2.95 bits per heavy atom. The lowest BCUT2D eigenvalue weighted by atomic mass is 10.2. The molecule has 2 aromatic heterocycles. The van der Waals surface area contributed by atoms with E-state index < -0.39 is 0 Å². The number of nitrogens with one attached hydrogen (secondary N) is 1. The van der Waals surface area contributed by atoms with Gasteiger partial charge in [0.1, 0.15) is 11.5 Å². The van der Waals surface area contributed by atoms with E-state index >= 15 is 0 Å². The van der Waals surface area contributed by atoms with Crippen LogP contribution in [0.2, 0.25) is 0 Å². The molecule has 5 nitrogen and oxygen atoms in total. The van der Waals surface area contributed by atoms with E-state index in [1.807, 2.05) is 0 Å². The minimum atomic E-state index is -0.286. The fraction of sp³-hybridized carbons (Fsp3) is 0.0667. The van der Waals surface area contributed by atoms with Crippen molar-refractivity contribution in [3.05, 3.63) is 60.2 Å². The number of benzene rings is 1. The van der Waals surface area contributed by atoms with Crippen LogP contribution >= 0.6 is 0 Å². The molecule has 1 aromatic carbocycles. The zero-order valence-electron chi connectivity index (χ0n) is 11.0. The minimum Gasteiger partial charge on any atom is -0.409 e. The highest BCUT2D eigenvalue weighted by Crippen LogP contribution is 2.26. The Kier molecular flexibility index (Phi) is 3.51. The molecule has 106 valence electrons. The summed E-state index contributed by atoms with van der Waals surface area (Å²) in [6.07, 6.45) is 3.29. The first-order valence-electron chi connectivity index (χ1n) is 6.33. The Balaban J connectivity index is 1.91. The van der Waals surface area contributed by atoms with Crippen molar-refractivity contribution < 1.29 is 13.9 Å². The van der Waals surface area contributed by atoms with Crippen LogP contribution in [0.15, 0.2) is 48.8 Å². The van der Waals surface area contributed by atoms with Crippen LogP contribution in [0.3, 0.4) is 0 Å². The van der Waals surface area contributed by atoms with Gasteiger partial charge < -0.3 is 10.1 Å². The fourth-order valence-electron chi connectivity index (χ4n) is 2.10. The SMILES string of the molecule is O=COc1c(NCc2ccccc2F)ccc2nccn12. The van der Waals surface area contributed by atoms with E-state index in [2.05, 4.69) is 10.3 Å². The quantitative estimate of drug-likeness (QED) is 0.732. The number of hydrogen-bond donors (Lipinski definition) is 1. The lowest BCUT2D eigenvalue weighted by Gasteiger charge is -2.12. The van der Waals surface area contributed by atoms with Gasteiger partial charge in [-0.05, 0) is 18.2 Å². The Morgan fingerprint density at radius 1 is 1.29 bits per heavy atom. The Bertz CT molecular complexity index is 785. The van der Waals surface area contributed by atoms with Gasteiger partial charge >= 0.3 is 0 Å². The Hall–Kier alpha value is -2.89. The van der Waals surface area contributed by atoms with Crippen LogP contribution in [0.25, 0.3) is 5.65 Å². The molecule has 0 unspecified atom stereocenters. The summed E-state index contributed by atoms with van der Waals surface area (Å²) in [4.78, 5) is 14.8. The molecule has 0 bridgehead atoms. The van der Waals surface area contributed by atoms with Crippen molar-refractivity contribution in [2.75, 3.05) is 5.32 Å². The third kappa shape index (κ3) is 2.55. The number of nitrogens with zero attached hydrogens (tertiary/aromatic N) is 2. The molecule has 0 saturated heterocycles. The molecule has 0 radical (unpaired) electrons. The van der Waals surface area contributed by atoms with Crippen LogP contribution in [0.4, 0.5) is 10.1 Å². The van der Waals surface area contributed by atoms with Crippen LogP contribution < -0.4 is 10.1 Å². The van der Waals surface area contributed by atoms with Crippen molar-refractivity contribution in [1.29, 1.82) is 0 Å². The lowest BCUT2D eigenvalue weighted by Crippen LogP contribution is -2.06. The molecule has 0 atom stereocenters. The third-order valence-electron chi connectivity index (χ3n) is 3.10. The smallest absolute Gasteiger partial charge is 0.299 e. The first kappa shape index (κ1) is 13.1. The van der Waals surface area contributed by atoms with Crippen LogP contribution in [0.1, 0.15) is 5.56 Å². The fourth-order valence-corrected chi connectivity index (χ4v) is 2.10. The Labute approximate surface area is 120 Å². The van der Waals surface area contributed by atoms with E-state index in [1.54, 1.807) is 47.1 Å². The first-order chi connectivity index (χ1) is 10.3. The van der Waals surface area contributed by atoms with Crippen LogP contribution in [0, 0.1) is 5.82 Å². The van der Waals surface area contributed by atoms with E-state index in [1.165, 1.54) is 6.07 Å².